The molecule has 0 spiro atoms. The standard InChI is InChI=1S/C25H27ClFN5O3/c1-34-21-12-20-17(25(30-14-29-20)31-19-4-2-3-18(26)24(19)27)11-22(21)35-16-7-5-15(6-8-16)32-10-9-28-23(33)13-32/h2-4,11-12,14-16H,5-10,13H2,1H3,(H,28,33)(H,29,30,31). The molecule has 35 heavy (non-hydrogen) atoms. The number of anilines is 2. The molecule has 2 aromatic carbocycles. The van der Waals surface area contributed by atoms with Crippen LogP contribution >= 0.6 is 11.6 Å². The summed E-state index contributed by atoms with van der Waals surface area (Å²) in [5, 5.41) is 6.61. The van der Waals surface area contributed by atoms with Gasteiger partial charge in [-0.1, -0.05) is 17.7 Å². The number of aromatic nitrogens is 2. The van der Waals surface area contributed by atoms with Gasteiger partial charge in [0.15, 0.2) is 17.3 Å². The molecule has 1 saturated heterocycles. The first-order valence-corrected chi connectivity index (χ1v) is 12.1. The third kappa shape index (κ3) is 5.11. The van der Waals surface area contributed by atoms with Gasteiger partial charge in [0.05, 0.1) is 36.0 Å². The second kappa shape index (κ2) is 10.2. The third-order valence-electron chi connectivity index (χ3n) is 6.65. The molecule has 184 valence electrons. The van der Waals surface area contributed by atoms with Crippen molar-refractivity contribution >= 4 is 39.9 Å². The van der Waals surface area contributed by atoms with Crippen molar-refractivity contribution in [2.75, 3.05) is 32.1 Å². The summed E-state index contributed by atoms with van der Waals surface area (Å²) < 4.78 is 26.4. The van der Waals surface area contributed by atoms with Crippen LogP contribution in [0.1, 0.15) is 25.7 Å². The lowest BCUT2D eigenvalue weighted by Gasteiger charge is -2.38. The highest BCUT2D eigenvalue weighted by atomic mass is 35.5. The van der Waals surface area contributed by atoms with Crippen molar-refractivity contribution in [1.29, 1.82) is 0 Å². The molecule has 1 amide bonds. The smallest absolute Gasteiger partial charge is 0.234 e. The van der Waals surface area contributed by atoms with Crippen LogP contribution in [0.3, 0.4) is 0 Å². The SMILES string of the molecule is COc1cc2ncnc(Nc3cccc(Cl)c3F)c2cc1OC1CCC(N2CCNC(=O)C2)CC1. The maximum atomic E-state index is 14.5. The summed E-state index contributed by atoms with van der Waals surface area (Å²) in [6.45, 7) is 2.07. The van der Waals surface area contributed by atoms with E-state index in [1.807, 2.05) is 6.07 Å². The maximum Gasteiger partial charge on any atom is 0.234 e. The van der Waals surface area contributed by atoms with Gasteiger partial charge in [0.25, 0.3) is 0 Å². The molecule has 1 aromatic heterocycles. The Morgan fingerprint density at radius 1 is 1.17 bits per heavy atom. The Labute approximate surface area is 207 Å². The monoisotopic (exact) mass is 499 g/mol. The summed E-state index contributed by atoms with van der Waals surface area (Å²) in [4.78, 5) is 22.7. The van der Waals surface area contributed by atoms with Crippen LogP contribution in [0.15, 0.2) is 36.7 Å². The topological polar surface area (TPSA) is 88.6 Å². The molecule has 1 aliphatic carbocycles. The van der Waals surface area contributed by atoms with Crippen LogP contribution < -0.4 is 20.1 Å². The van der Waals surface area contributed by atoms with Gasteiger partial charge in [-0.15, -0.1) is 0 Å². The van der Waals surface area contributed by atoms with Crippen LogP contribution in [0.4, 0.5) is 15.9 Å². The molecule has 5 rings (SSSR count). The van der Waals surface area contributed by atoms with E-state index in [9.17, 15) is 9.18 Å². The molecule has 0 atom stereocenters. The Morgan fingerprint density at radius 3 is 2.77 bits per heavy atom. The zero-order chi connectivity index (χ0) is 24.4. The molecule has 8 nitrogen and oxygen atoms in total. The normalized spacial score (nSPS) is 20.9. The molecule has 2 aliphatic rings. The predicted molar refractivity (Wildman–Crippen MR) is 132 cm³/mol. The summed E-state index contributed by atoms with van der Waals surface area (Å²) in [5.74, 6) is 1.15. The first kappa shape index (κ1) is 23.6. The fourth-order valence-corrected chi connectivity index (χ4v) is 5.00. The molecule has 3 aromatic rings. The molecule has 0 bridgehead atoms. The number of hydrogen-bond donors (Lipinski definition) is 2. The number of carbonyl (C=O) groups is 1. The van der Waals surface area contributed by atoms with E-state index in [0.717, 1.165) is 32.2 Å². The van der Waals surface area contributed by atoms with Gasteiger partial charge in [-0.2, -0.15) is 0 Å². The van der Waals surface area contributed by atoms with Crippen LogP contribution in [0.25, 0.3) is 10.9 Å². The van der Waals surface area contributed by atoms with Crippen LogP contribution in [0.5, 0.6) is 11.5 Å². The molecular formula is C25H27ClFN5O3. The summed E-state index contributed by atoms with van der Waals surface area (Å²) in [7, 11) is 1.59. The van der Waals surface area contributed by atoms with E-state index in [2.05, 4.69) is 25.5 Å². The third-order valence-corrected chi connectivity index (χ3v) is 6.94. The zero-order valence-corrected chi connectivity index (χ0v) is 20.1. The largest absolute Gasteiger partial charge is 0.493 e. The van der Waals surface area contributed by atoms with Crippen LogP contribution in [0.2, 0.25) is 5.02 Å². The minimum absolute atomic E-state index is 0.0276. The predicted octanol–water partition coefficient (Wildman–Crippen LogP) is 4.30. The minimum atomic E-state index is -0.547. The number of rotatable bonds is 6. The van der Waals surface area contributed by atoms with Gasteiger partial charge in [-0.25, -0.2) is 14.4 Å². The van der Waals surface area contributed by atoms with Crippen molar-refractivity contribution in [1.82, 2.24) is 20.2 Å². The highest BCUT2D eigenvalue weighted by Crippen LogP contribution is 2.37. The van der Waals surface area contributed by atoms with Crippen LogP contribution in [-0.4, -0.2) is 59.7 Å². The molecule has 2 heterocycles. The molecule has 1 aliphatic heterocycles. The minimum Gasteiger partial charge on any atom is -0.493 e. The molecule has 0 unspecified atom stereocenters. The maximum absolute atomic E-state index is 14.5. The molecule has 2 N–H and O–H groups in total. The van der Waals surface area contributed by atoms with Crippen molar-refractivity contribution in [3.63, 3.8) is 0 Å². The lowest BCUT2D eigenvalue weighted by molar-refractivity contribution is -0.125. The fraction of sp³-hybridized carbons (Fsp3) is 0.400. The average Bonchev–Trinajstić information content (AvgIpc) is 2.87. The fourth-order valence-electron chi connectivity index (χ4n) is 4.82. The average molecular weight is 500 g/mol. The number of piperazine rings is 1. The van der Waals surface area contributed by atoms with Gasteiger partial charge < -0.3 is 20.1 Å². The zero-order valence-electron chi connectivity index (χ0n) is 19.4. The molecule has 10 heteroatoms. The summed E-state index contributed by atoms with van der Waals surface area (Å²) in [6, 6.07) is 8.79. The number of benzene rings is 2. The quantitative estimate of drug-likeness (QED) is 0.523. The Balaban J connectivity index is 1.35. The molecule has 2 fully saturated rings. The van der Waals surface area contributed by atoms with Gasteiger partial charge in [-0.05, 0) is 43.9 Å². The molecule has 1 saturated carbocycles. The van der Waals surface area contributed by atoms with Crippen molar-refractivity contribution in [3.8, 4) is 11.5 Å². The summed E-state index contributed by atoms with van der Waals surface area (Å²) >= 11 is 5.93. The number of nitrogens with zero attached hydrogens (tertiary/aromatic N) is 3. The van der Waals surface area contributed by atoms with E-state index in [0.29, 0.717) is 47.4 Å². The van der Waals surface area contributed by atoms with Gasteiger partial charge >= 0.3 is 0 Å². The van der Waals surface area contributed by atoms with Gasteiger partial charge in [0.2, 0.25) is 5.91 Å². The lowest BCUT2D eigenvalue weighted by atomic mass is 9.91. The highest BCUT2D eigenvalue weighted by Gasteiger charge is 2.30. The highest BCUT2D eigenvalue weighted by molar-refractivity contribution is 6.31. The van der Waals surface area contributed by atoms with E-state index in [1.54, 1.807) is 25.3 Å². The van der Waals surface area contributed by atoms with Crippen molar-refractivity contribution in [3.05, 3.63) is 47.5 Å². The number of fused-ring (bicyclic) bond motifs is 1. The lowest BCUT2D eigenvalue weighted by Crippen LogP contribution is -2.52. The Kier molecular flexibility index (Phi) is 6.88. The number of halogens is 2. The first-order valence-electron chi connectivity index (χ1n) is 11.7. The Morgan fingerprint density at radius 2 is 2.00 bits per heavy atom. The van der Waals surface area contributed by atoms with Gasteiger partial charge in [0, 0.05) is 30.6 Å². The number of amides is 1. The van der Waals surface area contributed by atoms with Gasteiger partial charge in [-0.3, -0.25) is 9.69 Å². The van der Waals surface area contributed by atoms with E-state index < -0.39 is 5.82 Å². The van der Waals surface area contributed by atoms with E-state index >= 15 is 0 Å². The number of hydrogen-bond acceptors (Lipinski definition) is 7. The van der Waals surface area contributed by atoms with Crippen molar-refractivity contribution < 1.29 is 18.7 Å². The van der Waals surface area contributed by atoms with E-state index in [1.165, 1.54) is 12.4 Å². The Hall–Kier alpha value is -3.17. The van der Waals surface area contributed by atoms with Gasteiger partial charge in [0.1, 0.15) is 12.1 Å². The van der Waals surface area contributed by atoms with E-state index in [4.69, 9.17) is 21.1 Å². The van der Waals surface area contributed by atoms with Crippen LogP contribution in [-0.2, 0) is 4.79 Å². The molecule has 0 radical (unpaired) electrons. The molecular weight excluding hydrogens is 473 g/mol. The number of carbonyl (C=O) groups excluding carboxylic acids is 1. The second-order valence-electron chi connectivity index (χ2n) is 8.84. The number of nitrogens with one attached hydrogen (secondary N) is 2. The summed E-state index contributed by atoms with van der Waals surface area (Å²) in [5.41, 5.74) is 0.863. The van der Waals surface area contributed by atoms with Crippen molar-refractivity contribution in [2.24, 2.45) is 0 Å². The summed E-state index contributed by atoms with van der Waals surface area (Å²) in [6.07, 6.45) is 5.15. The second-order valence-corrected chi connectivity index (χ2v) is 9.24. The van der Waals surface area contributed by atoms with Crippen LogP contribution in [0, 0.1) is 5.82 Å². The Bertz CT molecular complexity index is 1240. The first-order chi connectivity index (χ1) is 17.0. The van der Waals surface area contributed by atoms with Crippen molar-refractivity contribution in [2.45, 2.75) is 37.8 Å². The number of ether oxygens (including phenoxy) is 2. The van der Waals surface area contributed by atoms with E-state index in [-0.39, 0.29) is 22.7 Å². The number of methoxy groups -OCH3 is 1.